The van der Waals surface area contributed by atoms with Gasteiger partial charge in [0.1, 0.15) is 5.82 Å². The topological polar surface area (TPSA) is 20.3 Å². The lowest BCUT2D eigenvalue weighted by Gasteiger charge is -2.32. The molecule has 6 heteroatoms. The molecule has 0 radical (unpaired) electrons. The standard InChI is InChI=1S/C13H13BrF3NO/c1-8-5-9(10(14)6-11(8)15)12(19)18-4-2-3-13(16,17)7-18/h5-6H,2-4,7H2,1H3. The molecule has 2 nitrogen and oxygen atoms in total. The summed E-state index contributed by atoms with van der Waals surface area (Å²) in [5.41, 5.74) is 0.534. The first-order valence-corrected chi connectivity index (χ1v) is 6.72. The van der Waals surface area contributed by atoms with Crippen molar-refractivity contribution in [3.8, 4) is 0 Å². The number of alkyl halides is 2. The van der Waals surface area contributed by atoms with Crippen LogP contribution >= 0.6 is 15.9 Å². The van der Waals surface area contributed by atoms with E-state index < -0.39 is 24.2 Å². The molecule has 19 heavy (non-hydrogen) atoms. The Labute approximate surface area is 117 Å². The van der Waals surface area contributed by atoms with Crippen LogP contribution in [0.25, 0.3) is 0 Å². The maximum absolute atomic E-state index is 13.3. The van der Waals surface area contributed by atoms with E-state index >= 15 is 0 Å². The number of nitrogens with zero attached hydrogens (tertiary/aromatic N) is 1. The minimum atomic E-state index is -2.84. The van der Waals surface area contributed by atoms with E-state index in [0.29, 0.717) is 12.1 Å². The second kappa shape index (κ2) is 5.15. The number of hydrogen-bond acceptors (Lipinski definition) is 1. The van der Waals surface area contributed by atoms with Gasteiger partial charge in [-0.25, -0.2) is 13.2 Å². The van der Waals surface area contributed by atoms with Crippen LogP contribution < -0.4 is 0 Å². The zero-order valence-electron chi connectivity index (χ0n) is 10.4. The molecule has 104 valence electrons. The molecule has 0 aliphatic carbocycles. The Morgan fingerprint density at radius 3 is 2.74 bits per heavy atom. The van der Waals surface area contributed by atoms with E-state index in [9.17, 15) is 18.0 Å². The van der Waals surface area contributed by atoms with Crippen molar-refractivity contribution in [2.24, 2.45) is 0 Å². The maximum Gasteiger partial charge on any atom is 0.265 e. The minimum absolute atomic E-state index is 0.194. The molecule has 1 aliphatic heterocycles. The Morgan fingerprint density at radius 1 is 1.42 bits per heavy atom. The summed E-state index contributed by atoms with van der Waals surface area (Å²) >= 11 is 3.10. The van der Waals surface area contributed by atoms with Crippen LogP contribution in [-0.4, -0.2) is 29.8 Å². The van der Waals surface area contributed by atoms with E-state index in [2.05, 4.69) is 15.9 Å². The van der Waals surface area contributed by atoms with Crippen molar-refractivity contribution in [1.82, 2.24) is 4.90 Å². The molecular formula is C13H13BrF3NO. The largest absolute Gasteiger partial charge is 0.333 e. The van der Waals surface area contributed by atoms with Gasteiger partial charge in [0.2, 0.25) is 0 Å². The molecule has 1 saturated heterocycles. The predicted octanol–water partition coefficient (Wildman–Crippen LogP) is 3.77. The number of hydrogen-bond donors (Lipinski definition) is 0. The average Bonchev–Trinajstić information content (AvgIpc) is 2.31. The average molecular weight is 336 g/mol. The van der Waals surface area contributed by atoms with Crippen molar-refractivity contribution in [3.05, 3.63) is 33.5 Å². The molecule has 1 fully saturated rings. The van der Waals surface area contributed by atoms with Crippen LogP contribution in [0.15, 0.2) is 16.6 Å². The molecule has 0 unspecified atom stereocenters. The van der Waals surface area contributed by atoms with Crippen LogP contribution in [0.4, 0.5) is 13.2 Å². The van der Waals surface area contributed by atoms with E-state index in [-0.39, 0.29) is 22.9 Å². The van der Waals surface area contributed by atoms with Crippen LogP contribution in [0.1, 0.15) is 28.8 Å². The first-order valence-electron chi connectivity index (χ1n) is 5.93. The van der Waals surface area contributed by atoms with Crippen molar-refractivity contribution < 1.29 is 18.0 Å². The lowest BCUT2D eigenvalue weighted by atomic mass is 10.0. The molecule has 0 N–H and O–H groups in total. The monoisotopic (exact) mass is 335 g/mol. The normalized spacial score (nSPS) is 18.5. The van der Waals surface area contributed by atoms with Crippen LogP contribution in [-0.2, 0) is 0 Å². The SMILES string of the molecule is Cc1cc(C(=O)N2CCCC(F)(F)C2)c(Br)cc1F. The van der Waals surface area contributed by atoms with Gasteiger partial charge in [-0.3, -0.25) is 4.79 Å². The molecule has 0 atom stereocenters. The molecule has 1 amide bonds. The van der Waals surface area contributed by atoms with Crippen LogP contribution in [0, 0.1) is 12.7 Å². The summed E-state index contributed by atoms with van der Waals surface area (Å²) in [7, 11) is 0. The third-order valence-corrected chi connectivity index (χ3v) is 3.81. The number of rotatable bonds is 1. The number of amides is 1. The number of benzene rings is 1. The number of likely N-dealkylation sites (tertiary alicyclic amines) is 1. The number of aryl methyl sites for hydroxylation is 1. The van der Waals surface area contributed by atoms with E-state index in [0.717, 1.165) is 4.90 Å². The van der Waals surface area contributed by atoms with E-state index in [4.69, 9.17) is 0 Å². The highest BCUT2D eigenvalue weighted by atomic mass is 79.9. The third-order valence-electron chi connectivity index (χ3n) is 3.16. The van der Waals surface area contributed by atoms with Gasteiger partial charge in [0.25, 0.3) is 11.8 Å². The fourth-order valence-electron chi connectivity index (χ4n) is 2.13. The van der Waals surface area contributed by atoms with Gasteiger partial charge in [0.15, 0.2) is 0 Å². The molecule has 0 aromatic heterocycles. The van der Waals surface area contributed by atoms with Crippen molar-refractivity contribution >= 4 is 21.8 Å². The van der Waals surface area contributed by atoms with Crippen LogP contribution in [0.3, 0.4) is 0 Å². The molecule has 2 rings (SSSR count). The third kappa shape index (κ3) is 3.11. The molecular weight excluding hydrogens is 323 g/mol. The predicted molar refractivity (Wildman–Crippen MR) is 68.9 cm³/mol. The van der Waals surface area contributed by atoms with Crippen molar-refractivity contribution in [3.63, 3.8) is 0 Å². The van der Waals surface area contributed by atoms with Gasteiger partial charge in [-0.1, -0.05) is 0 Å². The fourth-order valence-corrected chi connectivity index (χ4v) is 2.62. The molecule has 0 spiro atoms. The van der Waals surface area contributed by atoms with Gasteiger partial charge in [-0.15, -0.1) is 0 Å². The highest BCUT2D eigenvalue weighted by molar-refractivity contribution is 9.10. The first-order chi connectivity index (χ1) is 8.80. The summed E-state index contributed by atoms with van der Waals surface area (Å²) < 4.78 is 40.2. The molecule has 1 heterocycles. The van der Waals surface area contributed by atoms with Crippen molar-refractivity contribution in [2.75, 3.05) is 13.1 Å². The molecule has 0 bridgehead atoms. The smallest absolute Gasteiger partial charge is 0.265 e. The Bertz CT molecular complexity index is 519. The Kier molecular flexibility index (Phi) is 3.90. The zero-order valence-corrected chi connectivity index (χ0v) is 11.9. The second-order valence-corrected chi connectivity index (χ2v) is 5.62. The number of piperidine rings is 1. The van der Waals surface area contributed by atoms with Gasteiger partial charge < -0.3 is 4.90 Å². The Hall–Kier alpha value is -1.04. The highest BCUT2D eigenvalue weighted by Gasteiger charge is 2.37. The summed E-state index contributed by atoms with van der Waals surface area (Å²) in [5, 5.41) is 0. The fraction of sp³-hybridized carbons (Fsp3) is 0.462. The summed E-state index contributed by atoms with van der Waals surface area (Å²) in [5.74, 6) is -3.77. The Balaban J connectivity index is 2.27. The van der Waals surface area contributed by atoms with Crippen LogP contribution in [0.2, 0.25) is 0 Å². The quantitative estimate of drug-likeness (QED) is 0.765. The van der Waals surface area contributed by atoms with E-state index in [1.54, 1.807) is 0 Å². The molecule has 0 saturated carbocycles. The summed E-state index contributed by atoms with van der Waals surface area (Å²) in [6, 6.07) is 2.57. The van der Waals surface area contributed by atoms with Gasteiger partial charge in [-0.2, -0.15) is 0 Å². The van der Waals surface area contributed by atoms with Gasteiger partial charge in [0, 0.05) is 17.4 Å². The lowest BCUT2D eigenvalue weighted by Crippen LogP contribution is -2.45. The van der Waals surface area contributed by atoms with E-state index in [1.165, 1.54) is 19.1 Å². The molecule has 1 aromatic carbocycles. The second-order valence-electron chi connectivity index (χ2n) is 4.77. The molecule has 1 aromatic rings. The molecule has 1 aliphatic rings. The number of halogens is 4. The van der Waals surface area contributed by atoms with Gasteiger partial charge in [0.05, 0.1) is 12.1 Å². The summed E-state index contributed by atoms with van der Waals surface area (Å²) in [6.07, 6.45) is 0.0803. The van der Waals surface area contributed by atoms with Crippen LogP contribution in [0.5, 0.6) is 0 Å². The first kappa shape index (κ1) is 14.4. The number of carbonyl (C=O) groups is 1. The number of carbonyl (C=O) groups excluding carboxylic acids is 1. The summed E-state index contributed by atoms with van der Waals surface area (Å²) in [4.78, 5) is 13.3. The summed E-state index contributed by atoms with van der Waals surface area (Å²) in [6.45, 7) is 1.26. The van der Waals surface area contributed by atoms with Gasteiger partial charge >= 0.3 is 0 Å². The zero-order chi connectivity index (χ0) is 14.2. The Morgan fingerprint density at radius 2 is 2.11 bits per heavy atom. The lowest BCUT2D eigenvalue weighted by molar-refractivity contribution is -0.0560. The maximum atomic E-state index is 13.3. The van der Waals surface area contributed by atoms with Gasteiger partial charge in [-0.05, 0) is 47.0 Å². The van der Waals surface area contributed by atoms with Crippen molar-refractivity contribution in [1.29, 1.82) is 0 Å². The van der Waals surface area contributed by atoms with Crippen molar-refractivity contribution in [2.45, 2.75) is 25.7 Å². The highest BCUT2D eigenvalue weighted by Crippen LogP contribution is 2.29. The minimum Gasteiger partial charge on any atom is -0.333 e. The van der Waals surface area contributed by atoms with E-state index in [1.807, 2.05) is 0 Å².